The zero-order valence-corrected chi connectivity index (χ0v) is 12.9. The number of amides is 3. The van der Waals surface area contributed by atoms with Crippen LogP contribution in [0.1, 0.15) is 25.7 Å². The fourth-order valence-corrected chi connectivity index (χ4v) is 3.21. The standard InChI is InChI=1S/C14H20F3N3O3/c1-18-11(21)9-4-7-19(8-5-9)12(22)10-3-2-6-20(10)13(23)14(15,16)17/h9-10H,2-8H2,1H3,(H,18,21). The van der Waals surface area contributed by atoms with Crippen LogP contribution in [-0.4, -0.2) is 66.4 Å². The number of carbonyl (C=O) groups is 3. The summed E-state index contributed by atoms with van der Waals surface area (Å²) in [5.41, 5.74) is 0. The lowest BCUT2D eigenvalue weighted by Gasteiger charge is -2.35. The molecule has 6 nitrogen and oxygen atoms in total. The zero-order valence-electron chi connectivity index (χ0n) is 12.9. The van der Waals surface area contributed by atoms with E-state index in [1.807, 2.05) is 0 Å². The van der Waals surface area contributed by atoms with Crippen molar-refractivity contribution >= 4 is 17.7 Å². The zero-order chi connectivity index (χ0) is 17.2. The highest BCUT2D eigenvalue weighted by atomic mass is 19.4. The molecular formula is C14H20F3N3O3. The van der Waals surface area contributed by atoms with Gasteiger partial charge >= 0.3 is 12.1 Å². The van der Waals surface area contributed by atoms with Gasteiger partial charge in [-0.3, -0.25) is 14.4 Å². The molecule has 0 aliphatic carbocycles. The van der Waals surface area contributed by atoms with Crippen molar-refractivity contribution in [3.05, 3.63) is 0 Å². The Labute approximate surface area is 132 Å². The monoisotopic (exact) mass is 335 g/mol. The average Bonchev–Trinajstić information content (AvgIpc) is 3.01. The number of hydrogen-bond donors (Lipinski definition) is 1. The second kappa shape index (κ2) is 6.76. The van der Waals surface area contributed by atoms with Gasteiger partial charge in [-0.25, -0.2) is 0 Å². The molecule has 0 bridgehead atoms. The summed E-state index contributed by atoms with van der Waals surface area (Å²) in [5.74, 6) is -2.67. The molecule has 0 saturated carbocycles. The third-order valence-electron chi connectivity index (χ3n) is 4.47. The molecule has 2 aliphatic rings. The van der Waals surface area contributed by atoms with E-state index in [9.17, 15) is 27.6 Å². The molecule has 0 aromatic heterocycles. The lowest BCUT2D eigenvalue weighted by Crippen LogP contribution is -2.53. The topological polar surface area (TPSA) is 69.7 Å². The average molecular weight is 335 g/mol. The number of carbonyl (C=O) groups excluding carboxylic acids is 3. The second-order valence-corrected chi connectivity index (χ2v) is 5.87. The molecule has 0 aromatic carbocycles. The minimum absolute atomic E-state index is 0.0521. The number of rotatable bonds is 2. The first-order chi connectivity index (χ1) is 10.8. The summed E-state index contributed by atoms with van der Waals surface area (Å²) in [5, 5.41) is 2.55. The third-order valence-corrected chi connectivity index (χ3v) is 4.47. The molecule has 0 radical (unpaired) electrons. The van der Waals surface area contributed by atoms with Gasteiger partial charge < -0.3 is 15.1 Å². The molecule has 2 aliphatic heterocycles. The van der Waals surface area contributed by atoms with Gasteiger partial charge in [-0.15, -0.1) is 0 Å². The third kappa shape index (κ3) is 3.76. The number of hydrogen-bond acceptors (Lipinski definition) is 3. The van der Waals surface area contributed by atoms with Crippen molar-refractivity contribution in [2.75, 3.05) is 26.7 Å². The molecule has 2 rings (SSSR count). The van der Waals surface area contributed by atoms with Crippen molar-refractivity contribution < 1.29 is 27.6 Å². The van der Waals surface area contributed by atoms with Gasteiger partial charge in [0.05, 0.1) is 0 Å². The van der Waals surface area contributed by atoms with Crippen molar-refractivity contribution in [2.45, 2.75) is 37.9 Å². The molecule has 0 spiro atoms. The molecule has 3 amide bonds. The van der Waals surface area contributed by atoms with Crippen molar-refractivity contribution in [1.82, 2.24) is 15.1 Å². The highest BCUT2D eigenvalue weighted by Crippen LogP contribution is 2.28. The van der Waals surface area contributed by atoms with Crippen LogP contribution >= 0.6 is 0 Å². The summed E-state index contributed by atoms with van der Waals surface area (Å²) in [4.78, 5) is 37.5. The summed E-state index contributed by atoms with van der Waals surface area (Å²) in [6.45, 7) is 0.590. The van der Waals surface area contributed by atoms with Crippen LogP contribution < -0.4 is 5.32 Å². The van der Waals surface area contributed by atoms with Gasteiger partial charge in [0.2, 0.25) is 11.8 Å². The van der Waals surface area contributed by atoms with E-state index in [0.717, 1.165) is 0 Å². The van der Waals surface area contributed by atoms with E-state index in [0.29, 0.717) is 37.3 Å². The molecule has 9 heteroatoms. The van der Waals surface area contributed by atoms with Crippen LogP contribution in [0.4, 0.5) is 13.2 Å². The number of nitrogens with zero attached hydrogens (tertiary/aromatic N) is 2. The van der Waals surface area contributed by atoms with Crippen LogP contribution in [0.25, 0.3) is 0 Å². The number of piperidine rings is 1. The van der Waals surface area contributed by atoms with Crippen LogP contribution in [0, 0.1) is 5.92 Å². The summed E-state index contributed by atoms with van der Waals surface area (Å²) in [6, 6.07) is -1.04. The molecule has 0 aromatic rings. The predicted molar refractivity (Wildman–Crippen MR) is 74.2 cm³/mol. The van der Waals surface area contributed by atoms with Gasteiger partial charge in [-0.05, 0) is 25.7 Å². The predicted octanol–water partition coefficient (Wildman–Crippen LogP) is 0.524. The maximum Gasteiger partial charge on any atom is 0.471 e. The van der Waals surface area contributed by atoms with Crippen LogP contribution in [0.2, 0.25) is 0 Å². The van der Waals surface area contributed by atoms with Crippen LogP contribution in [0.3, 0.4) is 0 Å². The molecule has 23 heavy (non-hydrogen) atoms. The van der Waals surface area contributed by atoms with E-state index in [2.05, 4.69) is 5.32 Å². The summed E-state index contributed by atoms with van der Waals surface area (Å²) < 4.78 is 37.8. The molecule has 2 fully saturated rings. The number of halogens is 3. The Morgan fingerprint density at radius 3 is 2.17 bits per heavy atom. The van der Waals surface area contributed by atoms with Gasteiger partial charge in [-0.1, -0.05) is 0 Å². The number of alkyl halides is 3. The Morgan fingerprint density at radius 1 is 1.04 bits per heavy atom. The Balaban J connectivity index is 1.98. The SMILES string of the molecule is CNC(=O)C1CCN(C(=O)C2CCCN2C(=O)C(F)(F)F)CC1. The number of likely N-dealkylation sites (tertiary alicyclic amines) is 2. The maximum absolute atomic E-state index is 12.6. The molecule has 2 heterocycles. The van der Waals surface area contributed by atoms with Gasteiger partial charge in [0.15, 0.2) is 0 Å². The molecule has 1 N–H and O–H groups in total. The van der Waals surface area contributed by atoms with Gasteiger partial charge in [0, 0.05) is 32.6 Å². The first kappa shape index (κ1) is 17.6. The molecule has 2 saturated heterocycles. The first-order valence-electron chi connectivity index (χ1n) is 7.64. The lowest BCUT2D eigenvalue weighted by atomic mass is 9.95. The van der Waals surface area contributed by atoms with Gasteiger partial charge in [-0.2, -0.15) is 13.2 Å². The fourth-order valence-electron chi connectivity index (χ4n) is 3.21. The minimum atomic E-state index is -4.96. The molecular weight excluding hydrogens is 315 g/mol. The smallest absolute Gasteiger partial charge is 0.359 e. The normalized spacial score (nSPS) is 23.0. The van der Waals surface area contributed by atoms with Crippen LogP contribution in [0.15, 0.2) is 0 Å². The minimum Gasteiger partial charge on any atom is -0.359 e. The largest absolute Gasteiger partial charge is 0.471 e. The van der Waals surface area contributed by atoms with Crippen molar-refractivity contribution in [3.8, 4) is 0 Å². The van der Waals surface area contributed by atoms with Crippen LogP contribution in [-0.2, 0) is 14.4 Å². The Bertz CT molecular complexity index is 487. The highest BCUT2D eigenvalue weighted by Gasteiger charge is 2.48. The fraction of sp³-hybridized carbons (Fsp3) is 0.786. The Hall–Kier alpha value is -1.80. The first-order valence-corrected chi connectivity index (χ1v) is 7.64. The maximum atomic E-state index is 12.6. The Kier molecular flexibility index (Phi) is 5.16. The molecule has 1 unspecified atom stereocenters. The molecule has 1 atom stereocenters. The van der Waals surface area contributed by atoms with Crippen molar-refractivity contribution in [1.29, 1.82) is 0 Å². The second-order valence-electron chi connectivity index (χ2n) is 5.87. The van der Waals surface area contributed by atoms with Gasteiger partial charge in [0.25, 0.3) is 0 Å². The highest BCUT2D eigenvalue weighted by molar-refractivity contribution is 5.90. The quantitative estimate of drug-likeness (QED) is 0.800. The van der Waals surface area contributed by atoms with E-state index in [-0.39, 0.29) is 24.8 Å². The lowest BCUT2D eigenvalue weighted by molar-refractivity contribution is -0.187. The van der Waals surface area contributed by atoms with E-state index >= 15 is 0 Å². The van der Waals surface area contributed by atoms with E-state index in [4.69, 9.17) is 0 Å². The Morgan fingerprint density at radius 2 is 1.65 bits per heavy atom. The van der Waals surface area contributed by atoms with Crippen LogP contribution in [0.5, 0.6) is 0 Å². The molecule has 130 valence electrons. The van der Waals surface area contributed by atoms with Crippen molar-refractivity contribution in [2.24, 2.45) is 5.92 Å². The van der Waals surface area contributed by atoms with E-state index in [1.54, 1.807) is 7.05 Å². The van der Waals surface area contributed by atoms with Crippen molar-refractivity contribution in [3.63, 3.8) is 0 Å². The van der Waals surface area contributed by atoms with E-state index in [1.165, 1.54) is 4.90 Å². The summed E-state index contributed by atoms with van der Waals surface area (Å²) in [7, 11) is 1.54. The summed E-state index contributed by atoms with van der Waals surface area (Å²) >= 11 is 0. The number of nitrogens with one attached hydrogen (secondary N) is 1. The van der Waals surface area contributed by atoms with E-state index < -0.39 is 24.0 Å². The van der Waals surface area contributed by atoms with Gasteiger partial charge in [0.1, 0.15) is 6.04 Å². The summed E-state index contributed by atoms with van der Waals surface area (Å²) in [6.07, 6.45) is -3.38.